The normalized spacial score (nSPS) is 35.7. The number of fused-ring (bicyclic) bond motifs is 5. The van der Waals surface area contributed by atoms with Crippen molar-refractivity contribution in [3.05, 3.63) is 29.3 Å². The summed E-state index contributed by atoms with van der Waals surface area (Å²) < 4.78 is 45.8. The number of hydrogen-bond acceptors (Lipinski definition) is 5. The van der Waals surface area contributed by atoms with E-state index in [0.29, 0.717) is 11.0 Å². The quantitative estimate of drug-likeness (QED) is 0.753. The lowest BCUT2D eigenvalue weighted by atomic mass is 9.64. The third kappa shape index (κ3) is 2.37. The Morgan fingerprint density at radius 3 is 2.45 bits per heavy atom. The standard InChI is InChI=1S/C19H15F3N2O5/c1-17-6-11(16(27)28)18(2,29-17)13-12(17)14(25)24(15(13)26)9-4-3-8(7-23)10(5-9)19(20,21)22/h3-5,11-13H,6H2,1-2H3,(H,27,28)/t11-,12?,13-,17-,18-/m0/s1. The molecule has 0 aliphatic carbocycles. The van der Waals surface area contributed by atoms with Crippen LogP contribution >= 0.6 is 0 Å². The van der Waals surface area contributed by atoms with Crippen molar-refractivity contribution in [1.82, 2.24) is 0 Å². The van der Waals surface area contributed by atoms with Crippen LogP contribution in [-0.2, 0) is 25.3 Å². The molecule has 3 fully saturated rings. The molecule has 1 N–H and O–H groups in total. The number of carboxylic acids is 1. The average molecular weight is 408 g/mol. The highest BCUT2D eigenvalue weighted by Crippen LogP contribution is 2.63. The van der Waals surface area contributed by atoms with Gasteiger partial charge in [-0.15, -0.1) is 0 Å². The Balaban J connectivity index is 1.81. The van der Waals surface area contributed by atoms with Crippen molar-refractivity contribution in [1.29, 1.82) is 5.26 Å². The van der Waals surface area contributed by atoms with Crippen LogP contribution in [0.2, 0.25) is 0 Å². The molecule has 1 aromatic carbocycles. The number of hydrogen-bond donors (Lipinski definition) is 1. The summed E-state index contributed by atoms with van der Waals surface area (Å²) in [6, 6.07) is 4.05. The Hall–Kier alpha value is -2.93. The van der Waals surface area contributed by atoms with E-state index in [2.05, 4.69) is 0 Å². The molecule has 3 heterocycles. The van der Waals surface area contributed by atoms with Gasteiger partial charge in [0.2, 0.25) is 11.8 Å². The molecule has 0 saturated carbocycles. The monoisotopic (exact) mass is 408 g/mol. The largest absolute Gasteiger partial charge is 0.481 e. The lowest BCUT2D eigenvalue weighted by Gasteiger charge is -2.32. The van der Waals surface area contributed by atoms with Gasteiger partial charge in [0.15, 0.2) is 0 Å². The Labute approximate surface area is 162 Å². The lowest BCUT2D eigenvalue weighted by Crippen LogP contribution is -2.48. The second kappa shape index (κ2) is 5.57. The summed E-state index contributed by atoms with van der Waals surface area (Å²) >= 11 is 0. The van der Waals surface area contributed by atoms with Gasteiger partial charge in [-0.2, -0.15) is 18.4 Å². The van der Waals surface area contributed by atoms with Crippen molar-refractivity contribution in [2.45, 2.75) is 37.6 Å². The number of amides is 2. The van der Waals surface area contributed by atoms with Crippen LogP contribution in [-0.4, -0.2) is 34.1 Å². The van der Waals surface area contributed by atoms with Gasteiger partial charge < -0.3 is 9.84 Å². The number of anilines is 1. The van der Waals surface area contributed by atoms with E-state index in [1.165, 1.54) is 13.0 Å². The van der Waals surface area contributed by atoms with Crippen LogP contribution < -0.4 is 4.90 Å². The van der Waals surface area contributed by atoms with Gasteiger partial charge >= 0.3 is 12.1 Å². The molecule has 0 spiro atoms. The van der Waals surface area contributed by atoms with Crippen molar-refractivity contribution in [3.63, 3.8) is 0 Å². The molecule has 1 unspecified atom stereocenters. The highest BCUT2D eigenvalue weighted by atomic mass is 19.4. The van der Waals surface area contributed by atoms with Gasteiger partial charge in [0, 0.05) is 0 Å². The molecule has 2 bridgehead atoms. The van der Waals surface area contributed by atoms with E-state index in [-0.39, 0.29) is 12.1 Å². The van der Waals surface area contributed by atoms with Gasteiger partial charge in [0.25, 0.3) is 0 Å². The number of carbonyl (C=O) groups excluding carboxylic acids is 2. The number of aliphatic carboxylic acids is 1. The summed E-state index contributed by atoms with van der Waals surface area (Å²) in [4.78, 5) is 38.5. The van der Waals surface area contributed by atoms with E-state index >= 15 is 0 Å². The molecule has 5 atom stereocenters. The molecule has 152 valence electrons. The Morgan fingerprint density at radius 1 is 1.28 bits per heavy atom. The Morgan fingerprint density at radius 2 is 1.90 bits per heavy atom. The third-order valence-corrected chi connectivity index (χ3v) is 6.32. The van der Waals surface area contributed by atoms with E-state index in [1.807, 2.05) is 0 Å². The molecule has 29 heavy (non-hydrogen) atoms. The molecule has 0 radical (unpaired) electrons. The number of carboxylic acid groups (broad SMARTS) is 1. The van der Waals surface area contributed by atoms with E-state index in [1.54, 1.807) is 6.92 Å². The molecule has 0 aromatic heterocycles. The lowest BCUT2D eigenvalue weighted by molar-refractivity contribution is -0.150. The minimum atomic E-state index is -4.85. The van der Waals surface area contributed by atoms with E-state index in [0.717, 1.165) is 12.1 Å². The number of ether oxygens (including phenoxy) is 1. The van der Waals surface area contributed by atoms with Crippen LogP contribution in [0.3, 0.4) is 0 Å². The minimum absolute atomic E-state index is 0.0219. The maximum atomic E-state index is 13.3. The second-order valence-corrected chi connectivity index (χ2v) is 8.00. The average Bonchev–Trinajstić information content (AvgIpc) is 3.15. The van der Waals surface area contributed by atoms with Gasteiger partial charge in [-0.05, 0) is 38.5 Å². The van der Waals surface area contributed by atoms with Crippen LogP contribution in [0.4, 0.5) is 18.9 Å². The van der Waals surface area contributed by atoms with Gasteiger partial charge in [0.05, 0.1) is 51.8 Å². The number of alkyl halides is 3. The van der Waals surface area contributed by atoms with Gasteiger partial charge in [0.1, 0.15) is 0 Å². The number of halogens is 3. The molecule has 3 saturated heterocycles. The molecule has 10 heteroatoms. The van der Waals surface area contributed by atoms with Crippen molar-refractivity contribution in [2.24, 2.45) is 17.8 Å². The maximum Gasteiger partial charge on any atom is 0.417 e. The molecule has 4 rings (SSSR count). The molecule has 3 aliphatic rings. The van der Waals surface area contributed by atoms with Crippen molar-refractivity contribution < 1.29 is 37.4 Å². The summed E-state index contributed by atoms with van der Waals surface area (Å²) in [5.41, 5.74) is -4.83. The summed E-state index contributed by atoms with van der Waals surface area (Å²) in [7, 11) is 0. The molecule has 7 nitrogen and oxygen atoms in total. The first-order valence-corrected chi connectivity index (χ1v) is 8.77. The van der Waals surface area contributed by atoms with Crippen LogP contribution in [0.5, 0.6) is 0 Å². The smallest absolute Gasteiger partial charge is 0.417 e. The molecule has 3 aliphatic heterocycles. The Kier molecular flexibility index (Phi) is 3.72. The zero-order valence-corrected chi connectivity index (χ0v) is 15.3. The number of carbonyl (C=O) groups is 3. The number of nitrogens with zero attached hydrogens (tertiary/aromatic N) is 2. The highest BCUT2D eigenvalue weighted by Gasteiger charge is 2.77. The van der Waals surface area contributed by atoms with Crippen molar-refractivity contribution in [2.75, 3.05) is 4.90 Å². The molecular formula is C19H15F3N2O5. The zero-order valence-electron chi connectivity index (χ0n) is 15.3. The van der Waals surface area contributed by atoms with Crippen LogP contribution in [0, 0.1) is 29.1 Å². The van der Waals surface area contributed by atoms with E-state index < -0.39 is 64.0 Å². The fourth-order valence-corrected chi connectivity index (χ4v) is 5.15. The number of imide groups is 1. The van der Waals surface area contributed by atoms with Crippen molar-refractivity contribution in [3.8, 4) is 6.07 Å². The third-order valence-electron chi connectivity index (χ3n) is 6.32. The SMILES string of the molecule is C[C@]12O[C@@](C)(C[C@H]1C(=O)O)C1C(=O)N(c3ccc(C#N)c(C(F)(F)F)c3)C(=O)[C@H]12. The summed E-state index contributed by atoms with van der Waals surface area (Å²) in [6.45, 7) is 3.00. The predicted molar refractivity (Wildman–Crippen MR) is 89.3 cm³/mol. The molecule has 2 amide bonds. The van der Waals surface area contributed by atoms with Crippen LogP contribution in [0.25, 0.3) is 0 Å². The maximum absolute atomic E-state index is 13.3. The fraction of sp³-hybridized carbons (Fsp3) is 0.474. The van der Waals surface area contributed by atoms with Gasteiger partial charge in [-0.3, -0.25) is 14.4 Å². The zero-order chi connectivity index (χ0) is 21.5. The second-order valence-electron chi connectivity index (χ2n) is 8.00. The summed E-state index contributed by atoms with van der Waals surface area (Å²) in [5, 5.41) is 18.4. The van der Waals surface area contributed by atoms with Crippen LogP contribution in [0.15, 0.2) is 18.2 Å². The van der Waals surface area contributed by atoms with Crippen molar-refractivity contribution >= 4 is 23.5 Å². The van der Waals surface area contributed by atoms with Gasteiger partial charge in [-0.25, -0.2) is 4.90 Å². The number of rotatable bonds is 2. The minimum Gasteiger partial charge on any atom is -0.481 e. The Bertz CT molecular complexity index is 1020. The first kappa shape index (κ1) is 19.4. The van der Waals surface area contributed by atoms with E-state index in [9.17, 15) is 32.7 Å². The first-order chi connectivity index (χ1) is 13.3. The first-order valence-electron chi connectivity index (χ1n) is 8.77. The predicted octanol–water partition coefficient (Wildman–Crippen LogP) is 2.33. The fourth-order valence-electron chi connectivity index (χ4n) is 5.15. The summed E-state index contributed by atoms with van der Waals surface area (Å²) in [5.74, 6) is -5.80. The summed E-state index contributed by atoms with van der Waals surface area (Å²) in [6.07, 6.45) is -4.83. The number of benzene rings is 1. The van der Waals surface area contributed by atoms with Gasteiger partial charge in [-0.1, -0.05) is 0 Å². The topological polar surface area (TPSA) is 108 Å². The van der Waals surface area contributed by atoms with E-state index in [4.69, 9.17) is 10.00 Å². The highest BCUT2D eigenvalue weighted by molar-refractivity contribution is 6.23. The number of nitriles is 1. The molecular weight excluding hydrogens is 393 g/mol. The molecule has 1 aromatic rings. The van der Waals surface area contributed by atoms with Crippen LogP contribution in [0.1, 0.15) is 31.4 Å².